The van der Waals surface area contributed by atoms with Crippen molar-refractivity contribution in [2.45, 2.75) is 6.92 Å². The lowest BCUT2D eigenvalue weighted by Gasteiger charge is -2.10. The number of anilines is 2. The van der Waals surface area contributed by atoms with Crippen LogP contribution in [-0.4, -0.2) is 34.0 Å². The predicted octanol–water partition coefficient (Wildman–Crippen LogP) is 4.40. The van der Waals surface area contributed by atoms with Crippen LogP contribution in [-0.2, 0) is 0 Å². The quantitative estimate of drug-likeness (QED) is 0.529. The topological polar surface area (TPSA) is 74.1 Å². The van der Waals surface area contributed by atoms with Gasteiger partial charge in [-0.15, -0.1) is 0 Å². The highest BCUT2D eigenvalue weighted by Gasteiger charge is 2.12. The zero-order chi connectivity index (χ0) is 20.2. The Balaban J connectivity index is 1.62. The number of nitrogens with zero attached hydrogens (tertiary/aromatic N) is 4. The summed E-state index contributed by atoms with van der Waals surface area (Å²) in [7, 11) is 3.21. The van der Waals surface area contributed by atoms with Crippen LogP contribution in [0.4, 0.5) is 11.6 Å². The molecule has 7 nitrogen and oxygen atoms in total. The smallest absolute Gasteiger partial charge is 0.227 e. The van der Waals surface area contributed by atoms with E-state index < -0.39 is 0 Å². The van der Waals surface area contributed by atoms with E-state index in [-0.39, 0.29) is 0 Å². The third-order valence-corrected chi connectivity index (χ3v) is 4.49. The highest BCUT2D eigenvalue weighted by atomic mass is 16.5. The van der Waals surface area contributed by atoms with E-state index in [1.165, 1.54) is 0 Å². The van der Waals surface area contributed by atoms with E-state index in [0.717, 1.165) is 28.3 Å². The van der Waals surface area contributed by atoms with Crippen molar-refractivity contribution in [3.05, 3.63) is 72.7 Å². The van der Waals surface area contributed by atoms with Crippen LogP contribution >= 0.6 is 0 Å². The molecule has 0 atom stereocenters. The van der Waals surface area contributed by atoms with Crippen molar-refractivity contribution in [2.24, 2.45) is 0 Å². The molecule has 0 unspecified atom stereocenters. The van der Waals surface area contributed by atoms with Crippen LogP contribution in [0.3, 0.4) is 0 Å². The summed E-state index contributed by atoms with van der Waals surface area (Å²) in [6.07, 6.45) is 3.71. The van der Waals surface area contributed by atoms with Crippen molar-refractivity contribution in [1.82, 2.24) is 19.7 Å². The van der Waals surface area contributed by atoms with Gasteiger partial charge in [0.15, 0.2) is 11.5 Å². The molecule has 0 saturated heterocycles. The van der Waals surface area contributed by atoms with E-state index in [9.17, 15) is 0 Å². The lowest BCUT2D eigenvalue weighted by atomic mass is 10.2. The number of hydrogen-bond acceptors (Lipinski definition) is 6. The molecule has 0 bridgehead atoms. The molecule has 0 aliphatic heterocycles. The molecule has 2 aromatic carbocycles. The minimum atomic E-state index is 0.488. The summed E-state index contributed by atoms with van der Waals surface area (Å²) in [5.74, 6) is 1.78. The number of benzene rings is 2. The number of nitrogens with one attached hydrogen (secondary N) is 1. The molecule has 0 saturated carbocycles. The zero-order valence-corrected chi connectivity index (χ0v) is 16.5. The number of ether oxygens (including phenoxy) is 2. The van der Waals surface area contributed by atoms with Crippen molar-refractivity contribution < 1.29 is 9.47 Å². The minimum absolute atomic E-state index is 0.488. The SMILES string of the molecule is COc1ccc(Nc2nccc(-c3cn(-c4ccccc4)nc3C)n2)cc1OC. The van der Waals surface area contributed by atoms with E-state index in [4.69, 9.17) is 9.47 Å². The van der Waals surface area contributed by atoms with Crippen LogP contribution in [0.2, 0.25) is 0 Å². The Kier molecular flexibility index (Phi) is 5.11. The Morgan fingerprint density at radius 3 is 2.48 bits per heavy atom. The van der Waals surface area contributed by atoms with Crippen molar-refractivity contribution >= 4 is 11.6 Å². The average molecular weight is 387 g/mol. The second-order valence-electron chi connectivity index (χ2n) is 6.37. The summed E-state index contributed by atoms with van der Waals surface area (Å²) in [5, 5.41) is 7.83. The second-order valence-corrected chi connectivity index (χ2v) is 6.37. The molecule has 7 heteroatoms. The number of para-hydroxylation sites is 1. The van der Waals surface area contributed by atoms with E-state index >= 15 is 0 Å². The zero-order valence-electron chi connectivity index (χ0n) is 16.5. The van der Waals surface area contributed by atoms with Gasteiger partial charge >= 0.3 is 0 Å². The van der Waals surface area contributed by atoms with Gasteiger partial charge in [-0.3, -0.25) is 0 Å². The number of aromatic nitrogens is 4. The van der Waals surface area contributed by atoms with Crippen LogP contribution in [0.1, 0.15) is 5.69 Å². The summed E-state index contributed by atoms with van der Waals surface area (Å²) >= 11 is 0. The van der Waals surface area contributed by atoms with Gasteiger partial charge in [0, 0.05) is 29.7 Å². The van der Waals surface area contributed by atoms with Gasteiger partial charge in [0.2, 0.25) is 5.95 Å². The van der Waals surface area contributed by atoms with Crippen molar-refractivity contribution in [2.75, 3.05) is 19.5 Å². The van der Waals surface area contributed by atoms with Crippen molar-refractivity contribution in [1.29, 1.82) is 0 Å². The Bertz CT molecular complexity index is 1130. The Morgan fingerprint density at radius 1 is 0.931 bits per heavy atom. The summed E-state index contributed by atoms with van der Waals surface area (Å²) in [6, 6.07) is 17.4. The summed E-state index contributed by atoms with van der Waals surface area (Å²) in [6.45, 7) is 1.97. The van der Waals surface area contributed by atoms with E-state index in [1.807, 2.05) is 72.4 Å². The highest BCUT2D eigenvalue weighted by molar-refractivity contribution is 5.65. The number of methoxy groups -OCH3 is 2. The lowest BCUT2D eigenvalue weighted by Crippen LogP contribution is -1.99. The second kappa shape index (κ2) is 8.02. The normalized spacial score (nSPS) is 10.6. The molecule has 146 valence electrons. The van der Waals surface area contributed by atoms with Crippen LogP contribution in [0, 0.1) is 6.92 Å². The molecule has 1 N–H and O–H groups in total. The maximum atomic E-state index is 5.35. The number of aryl methyl sites for hydroxylation is 1. The molecule has 4 aromatic rings. The first-order chi connectivity index (χ1) is 14.2. The summed E-state index contributed by atoms with van der Waals surface area (Å²) < 4.78 is 12.5. The maximum absolute atomic E-state index is 5.35. The fourth-order valence-electron chi connectivity index (χ4n) is 3.04. The molecule has 0 amide bonds. The van der Waals surface area contributed by atoms with Gasteiger partial charge in [0.25, 0.3) is 0 Å². The number of rotatable bonds is 6. The van der Waals surface area contributed by atoms with Gasteiger partial charge in [-0.25, -0.2) is 14.6 Å². The standard InChI is InChI=1S/C22H21N5O2/c1-15-18(14-27(26-15)17-7-5-4-6-8-17)19-11-12-23-22(25-19)24-16-9-10-20(28-2)21(13-16)29-3/h4-14H,1-3H3,(H,23,24,25). The fraction of sp³-hybridized carbons (Fsp3) is 0.136. The molecule has 2 heterocycles. The summed E-state index contributed by atoms with van der Waals surface area (Å²) in [4.78, 5) is 8.99. The van der Waals surface area contributed by atoms with Gasteiger partial charge in [-0.05, 0) is 37.3 Å². The fourth-order valence-corrected chi connectivity index (χ4v) is 3.04. The Morgan fingerprint density at radius 2 is 1.72 bits per heavy atom. The molecule has 0 fully saturated rings. The molecule has 0 aliphatic rings. The van der Waals surface area contributed by atoms with Crippen LogP contribution in [0.25, 0.3) is 16.9 Å². The third kappa shape index (κ3) is 3.89. The first-order valence-electron chi connectivity index (χ1n) is 9.12. The molecular formula is C22H21N5O2. The maximum Gasteiger partial charge on any atom is 0.227 e. The molecule has 4 rings (SSSR count). The van der Waals surface area contributed by atoms with Crippen LogP contribution in [0.15, 0.2) is 67.0 Å². The monoisotopic (exact) mass is 387 g/mol. The third-order valence-electron chi connectivity index (χ3n) is 4.49. The Hall–Kier alpha value is -3.87. The average Bonchev–Trinajstić information content (AvgIpc) is 3.16. The molecule has 0 aliphatic carbocycles. The van der Waals surface area contributed by atoms with Crippen molar-refractivity contribution in [3.63, 3.8) is 0 Å². The van der Waals surface area contributed by atoms with E-state index in [0.29, 0.717) is 17.4 Å². The molecular weight excluding hydrogens is 366 g/mol. The first kappa shape index (κ1) is 18.5. The lowest BCUT2D eigenvalue weighted by molar-refractivity contribution is 0.355. The molecule has 0 radical (unpaired) electrons. The van der Waals surface area contributed by atoms with Gasteiger partial charge in [0.1, 0.15) is 0 Å². The Labute approximate surface area is 169 Å². The minimum Gasteiger partial charge on any atom is -0.493 e. The van der Waals surface area contributed by atoms with Gasteiger partial charge in [-0.2, -0.15) is 5.10 Å². The first-order valence-corrected chi connectivity index (χ1v) is 9.12. The largest absolute Gasteiger partial charge is 0.493 e. The predicted molar refractivity (Wildman–Crippen MR) is 112 cm³/mol. The van der Waals surface area contributed by atoms with Crippen LogP contribution < -0.4 is 14.8 Å². The molecule has 29 heavy (non-hydrogen) atoms. The van der Waals surface area contributed by atoms with Crippen molar-refractivity contribution in [3.8, 4) is 28.4 Å². The van der Waals surface area contributed by atoms with Crippen LogP contribution in [0.5, 0.6) is 11.5 Å². The van der Waals surface area contributed by atoms with Gasteiger partial charge in [0.05, 0.1) is 31.3 Å². The summed E-state index contributed by atoms with van der Waals surface area (Å²) in [5.41, 5.74) is 4.44. The van der Waals surface area contributed by atoms with Gasteiger partial charge < -0.3 is 14.8 Å². The molecule has 0 spiro atoms. The molecule has 2 aromatic heterocycles. The van der Waals surface area contributed by atoms with Gasteiger partial charge in [-0.1, -0.05) is 18.2 Å². The van der Waals surface area contributed by atoms with E-state index in [1.54, 1.807) is 20.4 Å². The van der Waals surface area contributed by atoms with E-state index in [2.05, 4.69) is 20.4 Å². The number of hydrogen-bond donors (Lipinski definition) is 1. The highest BCUT2D eigenvalue weighted by Crippen LogP contribution is 2.31.